The van der Waals surface area contributed by atoms with Crippen molar-refractivity contribution in [1.82, 2.24) is 10.2 Å². The Morgan fingerprint density at radius 2 is 1.56 bits per heavy atom. The molecule has 3 atom stereocenters. The third kappa shape index (κ3) is 8.50. The van der Waals surface area contributed by atoms with E-state index in [1.165, 1.54) is 4.90 Å². The Bertz CT molecular complexity index is 914. The first-order chi connectivity index (χ1) is 16.4. The molecule has 0 spiro atoms. The zero-order valence-electron chi connectivity index (χ0n) is 23.5. The molecular formula is C28H44N2O6. The molecule has 0 unspecified atom stereocenters. The highest BCUT2D eigenvalue weighted by Crippen LogP contribution is 2.36. The van der Waals surface area contributed by atoms with Gasteiger partial charge in [-0.1, -0.05) is 44.2 Å². The van der Waals surface area contributed by atoms with E-state index in [9.17, 15) is 14.4 Å². The molecule has 8 nitrogen and oxygen atoms in total. The predicted octanol–water partition coefficient (Wildman–Crippen LogP) is 4.84. The number of nitrogens with one attached hydrogen (secondary N) is 1. The fraction of sp³-hybridized carbons (Fsp3) is 0.679. The maximum Gasteiger partial charge on any atom is 0.412 e. The van der Waals surface area contributed by atoms with E-state index in [1.807, 2.05) is 44.2 Å². The number of esters is 1. The number of carbonyl (C=O) groups is 3. The summed E-state index contributed by atoms with van der Waals surface area (Å²) in [5.74, 6) is -0.820. The Balaban J connectivity index is 2.39. The second-order valence-corrected chi connectivity index (χ2v) is 12.3. The molecule has 202 valence electrons. The number of benzene rings is 1. The Hall–Kier alpha value is -2.61. The molecule has 0 aliphatic carbocycles. The normalized spacial score (nSPS) is 20.7. The summed E-state index contributed by atoms with van der Waals surface area (Å²) in [6, 6.07) is 8.12. The van der Waals surface area contributed by atoms with E-state index < -0.39 is 53.1 Å². The van der Waals surface area contributed by atoms with Crippen molar-refractivity contribution in [1.29, 1.82) is 0 Å². The van der Waals surface area contributed by atoms with Gasteiger partial charge in [-0.25, -0.2) is 9.59 Å². The first-order valence-electron chi connectivity index (χ1n) is 12.7. The van der Waals surface area contributed by atoms with Crippen molar-refractivity contribution in [3.05, 3.63) is 35.9 Å². The van der Waals surface area contributed by atoms with Gasteiger partial charge in [0.05, 0.1) is 6.04 Å². The second-order valence-electron chi connectivity index (χ2n) is 12.3. The lowest BCUT2D eigenvalue weighted by atomic mass is 9.98. The fourth-order valence-corrected chi connectivity index (χ4v) is 4.24. The van der Waals surface area contributed by atoms with E-state index in [1.54, 1.807) is 55.4 Å². The average Bonchev–Trinajstić information content (AvgIpc) is 2.95. The van der Waals surface area contributed by atoms with Crippen molar-refractivity contribution in [3.8, 4) is 0 Å². The molecule has 1 aliphatic rings. The quantitative estimate of drug-likeness (QED) is 0.534. The molecular weight excluding hydrogens is 460 g/mol. The van der Waals surface area contributed by atoms with Gasteiger partial charge in [-0.2, -0.15) is 0 Å². The summed E-state index contributed by atoms with van der Waals surface area (Å²) in [5.41, 5.74) is -1.57. The lowest BCUT2D eigenvalue weighted by molar-refractivity contribution is -0.160. The van der Waals surface area contributed by atoms with Gasteiger partial charge in [-0.3, -0.25) is 9.69 Å². The van der Waals surface area contributed by atoms with Crippen molar-refractivity contribution in [2.24, 2.45) is 5.92 Å². The smallest absolute Gasteiger partial charge is 0.412 e. The third-order valence-corrected chi connectivity index (χ3v) is 5.53. The van der Waals surface area contributed by atoms with Crippen LogP contribution in [-0.2, 0) is 30.2 Å². The summed E-state index contributed by atoms with van der Waals surface area (Å²) in [6.45, 7) is 18.2. The van der Waals surface area contributed by atoms with E-state index in [2.05, 4.69) is 5.32 Å². The number of hydrogen-bond donors (Lipinski definition) is 1. The predicted molar refractivity (Wildman–Crippen MR) is 138 cm³/mol. The lowest BCUT2D eigenvalue weighted by Crippen LogP contribution is -2.54. The van der Waals surface area contributed by atoms with Gasteiger partial charge < -0.3 is 19.5 Å². The molecule has 36 heavy (non-hydrogen) atoms. The molecule has 1 N–H and O–H groups in total. The molecule has 0 saturated carbocycles. The number of carbonyl (C=O) groups excluding carboxylic acids is 3. The Morgan fingerprint density at radius 1 is 1.00 bits per heavy atom. The standard InChI is InChI=1S/C28H44N2O6/c1-18(2)16-20(24(32)35-26(3,4)5)29-23(31)22-21(17-19-14-12-11-13-15-19)30(28(9,10)34-22)25(33)36-27(6,7)8/h11-15,18,20-22H,16-17H2,1-10H3,(H,29,31)/t20-,21+,22-/m0/s1. The van der Waals surface area contributed by atoms with Crippen molar-refractivity contribution < 1.29 is 28.6 Å². The first-order valence-corrected chi connectivity index (χ1v) is 12.7. The van der Waals surface area contributed by atoms with Crippen molar-refractivity contribution in [3.63, 3.8) is 0 Å². The lowest BCUT2D eigenvalue weighted by Gasteiger charge is -2.35. The highest BCUT2D eigenvalue weighted by atomic mass is 16.6. The van der Waals surface area contributed by atoms with Gasteiger partial charge in [-0.15, -0.1) is 0 Å². The van der Waals surface area contributed by atoms with Crippen LogP contribution in [0.25, 0.3) is 0 Å². The van der Waals surface area contributed by atoms with Crippen LogP contribution in [0.3, 0.4) is 0 Å². The van der Waals surface area contributed by atoms with E-state index in [0.717, 1.165) is 5.56 Å². The average molecular weight is 505 g/mol. The molecule has 1 fully saturated rings. The van der Waals surface area contributed by atoms with E-state index in [0.29, 0.717) is 12.8 Å². The van der Waals surface area contributed by atoms with Crippen LogP contribution in [0.2, 0.25) is 0 Å². The minimum atomic E-state index is -1.11. The number of amides is 2. The van der Waals surface area contributed by atoms with Gasteiger partial charge in [0.1, 0.15) is 23.0 Å². The molecule has 2 rings (SSSR count). The topological polar surface area (TPSA) is 94.2 Å². The number of hydrogen-bond acceptors (Lipinski definition) is 6. The molecule has 1 aromatic carbocycles. The van der Waals surface area contributed by atoms with E-state index >= 15 is 0 Å². The second kappa shape index (κ2) is 11.2. The summed E-state index contributed by atoms with van der Waals surface area (Å²) in [5, 5.41) is 2.86. The third-order valence-electron chi connectivity index (χ3n) is 5.53. The largest absolute Gasteiger partial charge is 0.458 e. The molecule has 1 aromatic rings. The summed E-state index contributed by atoms with van der Waals surface area (Å²) in [6.07, 6.45) is -0.780. The first kappa shape index (κ1) is 29.6. The molecule has 2 amide bonds. The summed E-state index contributed by atoms with van der Waals surface area (Å²) in [7, 11) is 0. The highest BCUT2D eigenvalue weighted by molar-refractivity contribution is 5.88. The number of rotatable bonds is 7. The number of ether oxygens (including phenoxy) is 3. The van der Waals surface area contributed by atoms with Gasteiger partial charge in [0.25, 0.3) is 5.91 Å². The zero-order valence-corrected chi connectivity index (χ0v) is 23.5. The Morgan fingerprint density at radius 3 is 2.06 bits per heavy atom. The van der Waals surface area contributed by atoms with Gasteiger partial charge in [0.15, 0.2) is 6.10 Å². The van der Waals surface area contributed by atoms with Gasteiger partial charge in [0, 0.05) is 0 Å². The Labute approximate surface area is 216 Å². The minimum absolute atomic E-state index is 0.141. The summed E-state index contributed by atoms with van der Waals surface area (Å²) >= 11 is 0. The van der Waals surface area contributed by atoms with Gasteiger partial charge in [-0.05, 0) is 79.7 Å². The highest BCUT2D eigenvalue weighted by Gasteiger charge is 2.54. The van der Waals surface area contributed by atoms with Crippen LogP contribution in [0.1, 0.15) is 81.2 Å². The molecule has 0 radical (unpaired) electrons. The number of nitrogens with zero attached hydrogens (tertiary/aromatic N) is 1. The van der Waals surface area contributed by atoms with E-state index in [-0.39, 0.29) is 5.92 Å². The van der Waals surface area contributed by atoms with Crippen LogP contribution in [0, 0.1) is 5.92 Å². The molecule has 1 saturated heterocycles. The van der Waals surface area contributed by atoms with Gasteiger partial charge in [0.2, 0.25) is 0 Å². The summed E-state index contributed by atoms with van der Waals surface area (Å²) < 4.78 is 17.4. The monoisotopic (exact) mass is 504 g/mol. The maximum atomic E-state index is 13.6. The fourth-order valence-electron chi connectivity index (χ4n) is 4.24. The van der Waals surface area contributed by atoms with Crippen LogP contribution in [0.5, 0.6) is 0 Å². The summed E-state index contributed by atoms with van der Waals surface area (Å²) in [4.78, 5) is 41.3. The van der Waals surface area contributed by atoms with Crippen LogP contribution in [0.4, 0.5) is 4.79 Å². The molecule has 1 heterocycles. The molecule has 0 bridgehead atoms. The molecule has 1 aliphatic heterocycles. The Kier molecular flexibility index (Phi) is 9.21. The van der Waals surface area contributed by atoms with Crippen molar-refractivity contribution >= 4 is 18.0 Å². The minimum Gasteiger partial charge on any atom is -0.458 e. The van der Waals surface area contributed by atoms with Crippen LogP contribution >= 0.6 is 0 Å². The molecule has 0 aromatic heterocycles. The van der Waals surface area contributed by atoms with Crippen LogP contribution in [0.15, 0.2) is 30.3 Å². The van der Waals surface area contributed by atoms with Crippen LogP contribution < -0.4 is 5.32 Å². The maximum absolute atomic E-state index is 13.6. The van der Waals surface area contributed by atoms with Crippen molar-refractivity contribution in [2.75, 3.05) is 0 Å². The SMILES string of the molecule is CC(C)C[C@H](NC(=O)[C@H]1OC(C)(C)N(C(=O)OC(C)(C)C)[C@@H]1Cc1ccccc1)C(=O)OC(C)(C)C. The van der Waals surface area contributed by atoms with Crippen LogP contribution in [-0.4, -0.2) is 58.0 Å². The molecule has 8 heteroatoms. The van der Waals surface area contributed by atoms with E-state index in [4.69, 9.17) is 14.2 Å². The zero-order chi connectivity index (χ0) is 27.5. The van der Waals surface area contributed by atoms with Crippen molar-refractivity contribution in [2.45, 2.75) is 117 Å². The van der Waals surface area contributed by atoms with Gasteiger partial charge >= 0.3 is 12.1 Å².